The van der Waals surface area contributed by atoms with Crippen LogP contribution in [0.15, 0.2) is 30.4 Å². The molecule has 1 nitrogen and oxygen atoms in total. The summed E-state index contributed by atoms with van der Waals surface area (Å²) in [5.74, 6) is 0.585. The van der Waals surface area contributed by atoms with Crippen LogP contribution in [0.3, 0.4) is 0 Å². The van der Waals surface area contributed by atoms with E-state index >= 15 is 0 Å². The van der Waals surface area contributed by atoms with E-state index in [0.29, 0.717) is 16.0 Å². The molecule has 1 aliphatic rings. The topological polar surface area (TPSA) is 12.0 Å². The van der Waals surface area contributed by atoms with Crippen LogP contribution in [0.4, 0.5) is 0 Å². The van der Waals surface area contributed by atoms with Gasteiger partial charge in [-0.3, -0.25) is 0 Å². The second kappa shape index (κ2) is 5.90. The normalized spacial score (nSPS) is 20.2. The third-order valence-electron chi connectivity index (χ3n) is 3.23. The summed E-state index contributed by atoms with van der Waals surface area (Å²) in [6, 6.07) is 5.70. The van der Waals surface area contributed by atoms with Gasteiger partial charge in [-0.25, -0.2) is 0 Å². The Hall–Kier alpha value is -0.500. The molecule has 0 bridgehead atoms. The van der Waals surface area contributed by atoms with E-state index in [9.17, 15) is 0 Å². The Labute approximate surface area is 113 Å². The monoisotopic (exact) mass is 269 g/mol. The van der Waals surface area contributed by atoms with Crippen molar-refractivity contribution < 1.29 is 0 Å². The predicted octanol–water partition coefficient (Wildman–Crippen LogP) is 4.09. The molecule has 1 N–H and O–H groups in total. The third-order valence-corrected chi connectivity index (χ3v) is 3.66. The number of nitrogens with one attached hydrogen (secondary N) is 1. The molecule has 1 atom stereocenters. The summed E-state index contributed by atoms with van der Waals surface area (Å²) in [6.07, 6.45) is 3.34. The lowest BCUT2D eigenvalue weighted by Gasteiger charge is -2.24. The lowest BCUT2D eigenvalue weighted by molar-refractivity contribution is 0.418. The van der Waals surface area contributed by atoms with Crippen molar-refractivity contribution in [1.82, 2.24) is 5.32 Å². The van der Waals surface area contributed by atoms with Crippen LogP contribution < -0.4 is 5.32 Å². The molecule has 1 aromatic rings. The maximum absolute atomic E-state index is 5.99. The zero-order valence-corrected chi connectivity index (χ0v) is 11.3. The van der Waals surface area contributed by atoms with Crippen molar-refractivity contribution in [2.45, 2.75) is 19.3 Å². The van der Waals surface area contributed by atoms with Crippen molar-refractivity contribution in [2.75, 3.05) is 13.1 Å². The van der Waals surface area contributed by atoms with Gasteiger partial charge < -0.3 is 5.32 Å². The van der Waals surface area contributed by atoms with Crippen LogP contribution in [0.5, 0.6) is 0 Å². The highest BCUT2D eigenvalue weighted by atomic mass is 35.5. The molecule has 1 aromatic carbocycles. The third kappa shape index (κ3) is 3.74. The maximum atomic E-state index is 5.99. The molecule has 1 saturated heterocycles. The SMILES string of the molecule is C=C(Cc1cc(Cl)cc(Cl)c1)C1CCCNC1. The number of benzene rings is 1. The molecule has 3 heteroatoms. The molecule has 1 aliphatic heterocycles. The minimum atomic E-state index is 0.585. The molecule has 0 spiro atoms. The summed E-state index contributed by atoms with van der Waals surface area (Å²) in [5, 5.41) is 4.80. The molecule has 0 aliphatic carbocycles. The van der Waals surface area contributed by atoms with E-state index in [-0.39, 0.29) is 0 Å². The first-order valence-electron chi connectivity index (χ1n) is 5.98. The van der Waals surface area contributed by atoms with Gasteiger partial charge >= 0.3 is 0 Å². The van der Waals surface area contributed by atoms with Crippen LogP contribution in [0.2, 0.25) is 10.0 Å². The molecule has 2 rings (SSSR count). The Kier molecular flexibility index (Phi) is 4.49. The Morgan fingerprint density at radius 1 is 1.29 bits per heavy atom. The number of hydrogen-bond acceptors (Lipinski definition) is 1. The van der Waals surface area contributed by atoms with E-state index in [2.05, 4.69) is 11.9 Å². The van der Waals surface area contributed by atoms with Gasteiger partial charge in [0.2, 0.25) is 0 Å². The summed E-state index contributed by atoms with van der Waals surface area (Å²) in [4.78, 5) is 0. The minimum absolute atomic E-state index is 0.585. The summed E-state index contributed by atoms with van der Waals surface area (Å²) < 4.78 is 0. The Morgan fingerprint density at radius 2 is 2.00 bits per heavy atom. The fourth-order valence-electron chi connectivity index (χ4n) is 2.32. The fourth-order valence-corrected chi connectivity index (χ4v) is 2.89. The Bertz CT molecular complexity index is 388. The van der Waals surface area contributed by atoms with Gasteiger partial charge in [-0.2, -0.15) is 0 Å². The lowest BCUT2D eigenvalue weighted by Crippen LogP contribution is -2.31. The highest BCUT2D eigenvalue weighted by molar-refractivity contribution is 6.34. The van der Waals surface area contributed by atoms with Crippen molar-refractivity contribution in [1.29, 1.82) is 0 Å². The van der Waals surface area contributed by atoms with E-state index in [1.54, 1.807) is 6.07 Å². The summed E-state index contributed by atoms with van der Waals surface area (Å²) in [6.45, 7) is 6.39. The average Bonchev–Trinajstić information content (AvgIpc) is 2.28. The molecule has 1 unspecified atom stereocenters. The molecular weight excluding hydrogens is 253 g/mol. The van der Waals surface area contributed by atoms with E-state index in [4.69, 9.17) is 23.2 Å². The fraction of sp³-hybridized carbons (Fsp3) is 0.429. The molecule has 1 heterocycles. The Balaban J connectivity index is 2.01. The molecule has 0 saturated carbocycles. The second-order valence-corrected chi connectivity index (χ2v) is 5.53. The zero-order valence-electron chi connectivity index (χ0n) is 9.81. The van der Waals surface area contributed by atoms with Crippen LogP contribution in [-0.2, 0) is 6.42 Å². The number of piperidine rings is 1. The van der Waals surface area contributed by atoms with E-state index < -0.39 is 0 Å². The van der Waals surface area contributed by atoms with Gasteiger partial charge in [0.25, 0.3) is 0 Å². The maximum Gasteiger partial charge on any atom is 0.0423 e. The molecule has 0 amide bonds. The van der Waals surface area contributed by atoms with Crippen LogP contribution >= 0.6 is 23.2 Å². The molecule has 92 valence electrons. The number of halogens is 2. The van der Waals surface area contributed by atoms with Crippen molar-refractivity contribution in [3.8, 4) is 0 Å². The van der Waals surface area contributed by atoms with E-state index in [1.165, 1.54) is 18.4 Å². The van der Waals surface area contributed by atoms with Crippen molar-refractivity contribution in [2.24, 2.45) is 5.92 Å². The standard InChI is InChI=1S/C14H17Cl2N/c1-10(12-3-2-4-17-9-12)5-11-6-13(15)8-14(16)7-11/h6-8,12,17H,1-5,9H2. The van der Waals surface area contributed by atoms with Gasteiger partial charge in [-0.15, -0.1) is 0 Å². The first kappa shape index (κ1) is 12.9. The van der Waals surface area contributed by atoms with Crippen molar-refractivity contribution in [3.63, 3.8) is 0 Å². The summed E-state index contributed by atoms with van der Waals surface area (Å²) in [5.41, 5.74) is 2.42. The first-order valence-corrected chi connectivity index (χ1v) is 6.74. The molecule has 0 radical (unpaired) electrons. The van der Waals surface area contributed by atoms with Gasteiger partial charge in [-0.1, -0.05) is 35.4 Å². The van der Waals surface area contributed by atoms with Gasteiger partial charge in [0.05, 0.1) is 0 Å². The van der Waals surface area contributed by atoms with Crippen LogP contribution in [0.1, 0.15) is 18.4 Å². The molecule has 17 heavy (non-hydrogen) atoms. The van der Waals surface area contributed by atoms with Crippen LogP contribution in [0, 0.1) is 5.92 Å². The average molecular weight is 270 g/mol. The van der Waals surface area contributed by atoms with Crippen LogP contribution in [0.25, 0.3) is 0 Å². The van der Waals surface area contributed by atoms with Gasteiger partial charge in [0.15, 0.2) is 0 Å². The second-order valence-electron chi connectivity index (χ2n) is 4.66. The smallest absolute Gasteiger partial charge is 0.0423 e. The lowest BCUT2D eigenvalue weighted by atomic mass is 9.88. The Morgan fingerprint density at radius 3 is 2.59 bits per heavy atom. The molecular formula is C14H17Cl2N. The summed E-state index contributed by atoms with van der Waals surface area (Å²) >= 11 is 12.0. The quantitative estimate of drug-likeness (QED) is 0.816. The minimum Gasteiger partial charge on any atom is -0.316 e. The van der Waals surface area contributed by atoms with Gasteiger partial charge in [0.1, 0.15) is 0 Å². The highest BCUT2D eigenvalue weighted by Crippen LogP contribution is 2.25. The highest BCUT2D eigenvalue weighted by Gasteiger charge is 2.16. The van der Waals surface area contributed by atoms with Gasteiger partial charge in [-0.05, 0) is 55.5 Å². The number of hydrogen-bond donors (Lipinski definition) is 1. The summed E-state index contributed by atoms with van der Waals surface area (Å²) in [7, 11) is 0. The zero-order chi connectivity index (χ0) is 12.3. The molecule has 1 fully saturated rings. The van der Waals surface area contributed by atoms with Crippen LogP contribution in [-0.4, -0.2) is 13.1 Å². The van der Waals surface area contributed by atoms with Crippen molar-refractivity contribution in [3.05, 3.63) is 46.0 Å². The molecule has 0 aromatic heterocycles. The predicted molar refractivity (Wildman–Crippen MR) is 74.9 cm³/mol. The number of rotatable bonds is 3. The van der Waals surface area contributed by atoms with Crippen molar-refractivity contribution >= 4 is 23.2 Å². The van der Waals surface area contributed by atoms with Gasteiger partial charge in [0, 0.05) is 16.6 Å². The largest absolute Gasteiger partial charge is 0.316 e. The van der Waals surface area contributed by atoms with E-state index in [1.807, 2.05) is 12.1 Å². The first-order chi connectivity index (χ1) is 8.15. The van der Waals surface area contributed by atoms with E-state index in [0.717, 1.165) is 25.1 Å².